The van der Waals surface area contributed by atoms with Gasteiger partial charge in [-0.1, -0.05) is 48.5 Å². The van der Waals surface area contributed by atoms with Crippen molar-refractivity contribution >= 4 is 29.4 Å². The van der Waals surface area contributed by atoms with Crippen LogP contribution in [0.3, 0.4) is 0 Å². The Kier molecular flexibility index (Phi) is 6.22. The summed E-state index contributed by atoms with van der Waals surface area (Å²) in [5, 5.41) is 14.8. The maximum atomic E-state index is 13.2. The van der Waals surface area contributed by atoms with Gasteiger partial charge in [0.05, 0.1) is 29.6 Å². The summed E-state index contributed by atoms with van der Waals surface area (Å²) in [5.74, 6) is -0.363. The van der Waals surface area contributed by atoms with Gasteiger partial charge in [-0.15, -0.1) is 0 Å². The monoisotopic (exact) mass is 442 g/mol. The Balaban J connectivity index is 1.66. The first kappa shape index (κ1) is 21.8. The lowest BCUT2D eigenvalue weighted by Crippen LogP contribution is -2.21. The van der Waals surface area contributed by atoms with E-state index in [2.05, 4.69) is 5.10 Å². The highest BCUT2D eigenvalue weighted by Crippen LogP contribution is 2.35. The highest BCUT2D eigenvalue weighted by atomic mass is 16.5. The van der Waals surface area contributed by atoms with E-state index in [0.717, 1.165) is 5.56 Å². The number of carboxylic acids is 1. The van der Waals surface area contributed by atoms with E-state index in [4.69, 9.17) is 9.47 Å². The van der Waals surface area contributed by atoms with Crippen molar-refractivity contribution in [3.05, 3.63) is 95.1 Å². The van der Waals surface area contributed by atoms with Crippen LogP contribution in [0.4, 0.5) is 5.69 Å². The van der Waals surface area contributed by atoms with Gasteiger partial charge < -0.3 is 14.6 Å². The Morgan fingerprint density at radius 3 is 2.55 bits per heavy atom. The van der Waals surface area contributed by atoms with Crippen molar-refractivity contribution < 1.29 is 24.2 Å². The summed E-state index contributed by atoms with van der Waals surface area (Å²) in [6, 6.07) is 21.3. The second kappa shape index (κ2) is 9.40. The topological polar surface area (TPSA) is 88.4 Å². The Morgan fingerprint density at radius 1 is 1.06 bits per heavy atom. The number of aromatic carboxylic acids is 1. The van der Waals surface area contributed by atoms with Gasteiger partial charge in [0.2, 0.25) is 0 Å². The van der Waals surface area contributed by atoms with Crippen LogP contribution in [0.2, 0.25) is 0 Å². The van der Waals surface area contributed by atoms with E-state index in [9.17, 15) is 14.7 Å². The van der Waals surface area contributed by atoms with Crippen molar-refractivity contribution in [1.29, 1.82) is 0 Å². The normalized spacial score (nSPS) is 14.4. The fourth-order valence-corrected chi connectivity index (χ4v) is 3.48. The molecule has 0 fully saturated rings. The van der Waals surface area contributed by atoms with Gasteiger partial charge in [-0.3, -0.25) is 4.79 Å². The summed E-state index contributed by atoms with van der Waals surface area (Å²) < 4.78 is 11.6. The number of ether oxygens (including phenoxy) is 2. The van der Waals surface area contributed by atoms with Gasteiger partial charge in [0.15, 0.2) is 11.5 Å². The number of rotatable bonds is 7. The van der Waals surface area contributed by atoms with Crippen molar-refractivity contribution in [3.63, 3.8) is 0 Å². The summed E-state index contributed by atoms with van der Waals surface area (Å²) >= 11 is 0. The lowest BCUT2D eigenvalue weighted by Gasteiger charge is -2.14. The molecule has 3 aromatic carbocycles. The third-order valence-corrected chi connectivity index (χ3v) is 5.16. The van der Waals surface area contributed by atoms with Crippen LogP contribution in [-0.4, -0.2) is 29.8 Å². The zero-order valence-electron chi connectivity index (χ0n) is 18.2. The smallest absolute Gasteiger partial charge is 0.335 e. The molecule has 1 N–H and O–H groups in total. The number of carboxylic acid groups (broad SMARTS) is 1. The number of para-hydroxylation sites is 1. The number of carbonyl (C=O) groups is 2. The minimum Gasteiger partial charge on any atom is -0.493 e. The predicted molar refractivity (Wildman–Crippen MR) is 126 cm³/mol. The number of methoxy groups -OCH3 is 1. The summed E-state index contributed by atoms with van der Waals surface area (Å²) in [4.78, 5) is 24.5. The molecule has 0 bridgehead atoms. The molecular weight excluding hydrogens is 420 g/mol. The van der Waals surface area contributed by atoms with E-state index < -0.39 is 5.97 Å². The molecule has 0 unspecified atom stereocenters. The van der Waals surface area contributed by atoms with Gasteiger partial charge in [0.25, 0.3) is 5.91 Å². The minimum atomic E-state index is -1.07. The molecule has 0 saturated carbocycles. The number of nitrogens with zero attached hydrogens (tertiary/aromatic N) is 2. The molecule has 0 spiro atoms. The quantitative estimate of drug-likeness (QED) is 0.532. The van der Waals surface area contributed by atoms with Gasteiger partial charge in [-0.2, -0.15) is 10.1 Å². The first-order chi connectivity index (χ1) is 16.0. The van der Waals surface area contributed by atoms with E-state index in [1.54, 1.807) is 38.3 Å². The van der Waals surface area contributed by atoms with E-state index in [1.807, 2.05) is 42.5 Å². The van der Waals surface area contributed by atoms with E-state index >= 15 is 0 Å². The SMILES string of the molecule is COc1cccc(/C=C2\C(=O)N(c3cccc(C(=O)O)c3)N=C2C)c1OCc1ccccc1. The minimum absolute atomic E-state index is 0.0787. The standard InChI is InChI=1S/C26H22N2O5/c1-17-22(25(29)28(27-17)21-12-6-11-20(14-21)26(30)31)15-19-10-7-13-23(32-2)24(19)33-16-18-8-4-3-5-9-18/h3-15H,16H2,1-2H3,(H,30,31)/b22-15-. The van der Waals surface area contributed by atoms with Gasteiger partial charge >= 0.3 is 5.97 Å². The van der Waals surface area contributed by atoms with Crippen molar-refractivity contribution in [2.45, 2.75) is 13.5 Å². The van der Waals surface area contributed by atoms with E-state index in [0.29, 0.717) is 40.6 Å². The summed E-state index contributed by atoms with van der Waals surface area (Å²) in [6.45, 7) is 2.07. The molecule has 3 aromatic rings. The Labute approximate surface area is 191 Å². The number of carbonyl (C=O) groups excluding carboxylic acids is 1. The molecule has 4 rings (SSSR count). The fourth-order valence-electron chi connectivity index (χ4n) is 3.48. The number of amides is 1. The first-order valence-corrected chi connectivity index (χ1v) is 10.3. The number of hydrogen-bond acceptors (Lipinski definition) is 5. The molecule has 33 heavy (non-hydrogen) atoms. The molecule has 1 heterocycles. The third kappa shape index (κ3) is 4.62. The molecule has 0 aromatic heterocycles. The highest BCUT2D eigenvalue weighted by molar-refractivity contribution is 6.32. The zero-order chi connectivity index (χ0) is 23.4. The van der Waals surface area contributed by atoms with Crippen LogP contribution < -0.4 is 14.5 Å². The van der Waals surface area contributed by atoms with Gasteiger partial charge in [-0.25, -0.2) is 4.79 Å². The first-order valence-electron chi connectivity index (χ1n) is 10.3. The largest absolute Gasteiger partial charge is 0.493 e. The predicted octanol–water partition coefficient (Wildman–Crippen LogP) is 4.78. The van der Waals surface area contributed by atoms with Crippen molar-refractivity contribution in [3.8, 4) is 11.5 Å². The molecular formula is C26H22N2O5. The average molecular weight is 442 g/mol. The van der Waals surface area contributed by atoms with Crippen LogP contribution in [-0.2, 0) is 11.4 Å². The lowest BCUT2D eigenvalue weighted by atomic mass is 10.1. The maximum absolute atomic E-state index is 13.2. The number of anilines is 1. The molecule has 1 aliphatic rings. The molecule has 1 amide bonds. The van der Waals surface area contributed by atoms with E-state index in [1.165, 1.54) is 17.1 Å². The molecule has 0 aliphatic carbocycles. The number of benzene rings is 3. The molecule has 1 aliphatic heterocycles. The van der Waals surface area contributed by atoms with Crippen molar-refractivity contribution in [2.75, 3.05) is 12.1 Å². The molecule has 7 heteroatoms. The summed E-state index contributed by atoms with van der Waals surface area (Å²) in [7, 11) is 1.56. The Morgan fingerprint density at radius 2 is 1.82 bits per heavy atom. The average Bonchev–Trinajstić information content (AvgIpc) is 3.12. The third-order valence-electron chi connectivity index (χ3n) is 5.16. The lowest BCUT2D eigenvalue weighted by molar-refractivity contribution is -0.114. The molecule has 7 nitrogen and oxygen atoms in total. The maximum Gasteiger partial charge on any atom is 0.335 e. The van der Waals surface area contributed by atoms with Crippen LogP contribution in [0.15, 0.2) is 83.5 Å². The van der Waals surface area contributed by atoms with Crippen LogP contribution in [0, 0.1) is 0 Å². The number of hydrazone groups is 1. The zero-order valence-corrected chi connectivity index (χ0v) is 18.2. The van der Waals surface area contributed by atoms with Crippen LogP contribution >= 0.6 is 0 Å². The van der Waals surface area contributed by atoms with Crippen molar-refractivity contribution in [1.82, 2.24) is 0 Å². The summed E-state index contributed by atoms with van der Waals surface area (Å²) in [5.41, 5.74) is 3.03. The number of hydrogen-bond donors (Lipinski definition) is 1. The summed E-state index contributed by atoms with van der Waals surface area (Å²) in [6.07, 6.45) is 1.71. The van der Waals surface area contributed by atoms with Crippen LogP contribution in [0.5, 0.6) is 11.5 Å². The fraction of sp³-hybridized carbons (Fsp3) is 0.115. The molecule has 0 radical (unpaired) electrons. The Bertz CT molecular complexity index is 1260. The van der Waals surface area contributed by atoms with Gasteiger partial charge in [0.1, 0.15) is 6.61 Å². The highest BCUT2D eigenvalue weighted by Gasteiger charge is 2.29. The van der Waals surface area contributed by atoms with Crippen LogP contribution in [0.1, 0.15) is 28.4 Å². The molecule has 166 valence electrons. The van der Waals surface area contributed by atoms with Crippen molar-refractivity contribution in [2.24, 2.45) is 5.10 Å². The van der Waals surface area contributed by atoms with Crippen LogP contribution in [0.25, 0.3) is 6.08 Å². The molecule has 0 atom stereocenters. The second-order valence-corrected chi connectivity index (χ2v) is 7.37. The van der Waals surface area contributed by atoms with Gasteiger partial charge in [-0.05, 0) is 42.8 Å². The second-order valence-electron chi connectivity index (χ2n) is 7.37. The Hall–Kier alpha value is -4.39. The van der Waals surface area contributed by atoms with E-state index in [-0.39, 0.29) is 11.5 Å². The molecule has 0 saturated heterocycles. The van der Waals surface area contributed by atoms with Gasteiger partial charge in [0, 0.05) is 5.56 Å².